The molecule has 21 heavy (non-hydrogen) atoms. The third-order valence-electron chi connectivity index (χ3n) is 4.14. The number of nitrogen functional groups attached to an aromatic ring is 1. The first-order chi connectivity index (χ1) is 9.99. The van der Waals surface area contributed by atoms with Gasteiger partial charge in [-0.3, -0.25) is 0 Å². The molecule has 118 valence electrons. The zero-order chi connectivity index (χ0) is 15.5. The quantitative estimate of drug-likeness (QED) is 0.818. The van der Waals surface area contributed by atoms with Crippen LogP contribution in [0, 0.1) is 0 Å². The number of hydrogen-bond acceptors (Lipinski definition) is 4. The van der Waals surface area contributed by atoms with E-state index in [1.54, 1.807) is 18.2 Å². The zero-order valence-corrected chi connectivity index (χ0v) is 13.6. The zero-order valence-electron chi connectivity index (χ0n) is 12.8. The summed E-state index contributed by atoms with van der Waals surface area (Å²) < 4.78 is 26.3. The Hall–Kier alpha value is -1.27. The van der Waals surface area contributed by atoms with E-state index in [4.69, 9.17) is 5.73 Å². The lowest BCUT2D eigenvalue weighted by atomic mass is 9.97. The third kappa shape index (κ3) is 3.49. The maximum Gasteiger partial charge on any atom is 0.240 e. The predicted molar refractivity (Wildman–Crippen MR) is 87.0 cm³/mol. The maximum atomic E-state index is 12.0. The van der Waals surface area contributed by atoms with Gasteiger partial charge in [0, 0.05) is 12.6 Å². The first kappa shape index (κ1) is 16.1. The molecule has 0 amide bonds. The van der Waals surface area contributed by atoms with E-state index in [2.05, 4.69) is 16.5 Å². The fourth-order valence-corrected chi connectivity index (χ4v) is 3.76. The molecule has 1 atom stereocenters. The SMILES string of the molecule is CCCC1CCCCN1c1cc(S(=O)(=O)NC)ccc1N. The van der Waals surface area contributed by atoms with Gasteiger partial charge in [0.2, 0.25) is 10.0 Å². The number of anilines is 2. The summed E-state index contributed by atoms with van der Waals surface area (Å²) in [6, 6.07) is 5.41. The largest absolute Gasteiger partial charge is 0.397 e. The van der Waals surface area contributed by atoms with Crippen LogP contribution in [0.3, 0.4) is 0 Å². The van der Waals surface area contributed by atoms with E-state index in [0.717, 1.165) is 37.9 Å². The van der Waals surface area contributed by atoms with Gasteiger partial charge >= 0.3 is 0 Å². The molecule has 2 rings (SSSR count). The summed E-state index contributed by atoms with van der Waals surface area (Å²) in [5.74, 6) is 0. The Kier molecular flexibility index (Phi) is 5.11. The molecule has 5 nitrogen and oxygen atoms in total. The summed E-state index contributed by atoms with van der Waals surface area (Å²) in [6.07, 6.45) is 5.74. The van der Waals surface area contributed by atoms with Gasteiger partial charge in [-0.2, -0.15) is 0 Å². The number of piperidine rings is 1. The second-order valence-electron chi connectivity index (χ2n) is 5.56. The van der Waals surface area contributed by atoms with Gasteiger partial charge in [-0.15, -0.1) is 0 Å². The molecule has 1 aromatic carbocycles. The minimum atomic E-state index is -3.44. The molecule has 0 bridgehead atoms. The molecule has 1 aromatic rings. The van der Waals surface area contributed by atoms with Gasteiger partial charge in [0.05, 0.1) is 16.3 Å². The molecule has 6 heteroatoms. The summed E-state index contributed by atoms with van der Waals surface area (Å²) in [5.41, 5.74) is 7.60. The highest BCUT2D eigenvalue weighted by Crippen LogP contribution is 2.33. The Bertz CT molecular complexity index is 585. The molecule has 0 aromatic heterocycles. The Morgan fingerprint density at radius 3 is 2.81 bits per heavy atom. The fraction of sp³-hybridized carbons (Fsp3) is 0.600. The standard InChI is InChI=1S/C15H25N3O2S/c1-3-6-12-7-4-5-10-18(12)15-11-13(8-9-14(15)16)21(19,20)17-2/h8-9,11-12,17H,3-7,10,16H2,1-2H3. The van der Waals surface area contributed by atoms with Crippen molar-refractivity contribution >= 4 is 21.4 Å². The molecule has 1 heterocycles. The van der Waals surface area contributed by atoms with E-state index >= 15 is 0 Å². The molecule has 1 aliphatic rings. The fourth-order valence-electron chi connectivity index (χ4n) is 3.01. The maximum absolute atomic E-state index is 12.0. The number of rotatable bonds is 5. The van der Waals surface area contributed by atoms with E-state index in [0.29, 0.717) is 11.7 Å². The Morgan fingerprint density at radius 2 is 2.14 bits per heavy atom. The average Bonchev–Trinajstić information content (AvgIpc) is 2.49. The Morgan fingerprint density at radius 1 is 1.38 bits per heavy atom. The highest BCUT2D eigenvalue weighted by Gasteiger charge is 2.24. The first-order valence-corrected chi connectivity index (χ1v) is 9.07. The van der Waals surface area contributed by atoms with Crippen molar-refractivity contribution in [2.24, 2.45) is 0 Å². The molecule has 1 fully saturated rings. The molecular formula is C15H25N3O2S. The lowest BCUT2D eigenvalue weighted by Gasteiger charge is -2.38. The molecule has 1 saturated heterocycles. The van der Waals surface area contributed by atoms with Crippen LogP contribution in [0.15, 0.2) is 23.1 Å². The summed E-state index contributed by atoms with van der Waals surface area (Å²) in [6.45, 7) is 3.12. The minimum Gasteiger partial charge on any atom is -0.397 e. The lowest BCUT2D eigenvalue weighted by molar-refractivity contribution is 0.435. The first-order valence-electron chi connectivity index (χ1n) is 7.59. The smallest absolute Gasteiger partial charge is 0.240 e. The van der Waals surface area contributed by atoms with Crippen LogP contribution < -0.4 is 15.4 Å². The van der Waals surface area contributed by atoms with E-state index in [-0.39, 0.29) is 4.90 Å². The van der Waals surface area contributed by atoms with Crippen LogP contribution in [0.2, 0.25) is 0 Å². The van der Waals surface area contributed by atoms with E-state index in [9.17, 15) is 8.42 Å². The van der Waals surface area contributed by atoms with Crippen molar-refractivity contribution in [3.8, 4) is 0 Å². The van der Waals surface area contributed by atoms with Crippen LogP contribution in [0.4, 0.5) is 11.4 Å². The van der Waals surface area contributed by atoms with Crippen molar-refractivity contribution in [2.45, 2.75) is 50.0 Å². The predicted octanol–water partition coefficient (Wildman–Crippen LogP) is 2.34. The van der Waals surface area contributed by atoms with Crippen molar-refractivity contribution in [1.29, 1.82) is 0 Å². The van der Waals surface area contributed by atoms with E-state index < -0.39 is 10.0 Å². The number of nitrogens with one attached hydrogen (secondary N) is 1. The van der Waals surface area contributed by atoms with Gasteiger partial charge in [0.25, 0.3) is 0 Å². The molecule has 0 saturated carbocycles. The van der Waals surface area contributed by atoms with Crippen molar-refractivity contribution in [1.82, 2.24) is 4.72 Å². The van der Waals surface area contributed by atoms with Crippen LogP contribution in [0.5, 0.6) is 0 Å². The van der Waals surface area contributed by atoms with Gasteiger partial charge in [-0.05, 0) is 50.9 Å². The van der Waals surface area contributed by atoms with Gasteiger partial charge in [0.1, 0.15) is 0 Å². The van der Waals surface area contributed by atoms with Crippen LogP contribution in [-0.4, -0.2) is 28.1 Å². The van der Waals surface area contributed by atoms with Crippen LogP contribution in [0.25, 0.3) is 0 Å². The number of hydrogen-bond donors (Lipinski definition) is 2. The topological polar surface area (TPSA) is 75.4 Å². The molecule has 0 aliphatic carbocycles. The molecule has 3 N–H and O–H groups in total. The average molecular weight is 311 g/mol. The van der Waals surface area contributed by atoms with Crippen molar-refractivity contribution in [3.05, 3.63) is 18.2 Å². The summed E-state index contributed by atoms with van der Waals surface area (Å²) >= 11 is 0. The van der Waals surface area contributed by atoms with Gasteiger partial charge in [-0.1, -0.05) is 13.3 Å². The van der Waals surface area contributed by atoms with E-state index in [1.807, 2.05) is 0 Å². The number of benzene rings is 1. The lowest BCUT2D eigenvalue weighted by Crippen LogP contribution is -2.40. The normalized spacial score (nSPS) is 19.7. The second kappa shape index (κ2) is 6.66. The van der Waals surface area contributed by atoms with Gasteiger partial charge in [-0.25, -0.2) is 13.1 Å². The number of sulfonamides is 1. The van der Waals surface area contributed by atoms with Crippen molar-refractivity contribution in [3.63, 3.8) is 0 Å². The number of nitrogens with two attached hydrogens (primary N) is 1. The van der Waals surface area contributed by atoms with Crippen molar-refractivity contribution < 1.29 is 8.42 Å². The second-order valence-corrected chi connectivity index (χ2v) is 7.45. The molecule has 1 aliphatic heterocycles. The highest BCUT2D eigenvalue weighted by atomic mass is 32.2. The van der Waals surface area contributed by atoms with Crippen molar-refractivity contribution in [2.75, 3.05) is 24.2 Å². The Labute approximate surface area is 127 Å². The summed E-state index contributed by atoms with van der Waals surface area (Å²) in [5, 5.41) is 0. The third-order valence-corrected chi connectivity index (χ3v) is 5.55. The minimum absolute atomic E-state index is 0.273. The highest BCUT2D eigenvalue weighted by molar-refractivity contribution is 7.89. The van der Waals surface area contributed by atoms with Gasteiger partial charge < -0.3 is 10.6 Å². The summed E-state index contributed by atoms with van der Waals surface area (Å²) in [4.78, 5) is 2.56. The van der Waals surface area contributed by atoms with Crippen LogP contribution >= 0.6 is 0 Å². The summed E-state index contributed by atoms with van der Waals surface area (Å²) in [7, 11) is -2.02. The van der Waals surface area contributed by atoms with Gasteiger partial charge in [0.15, 0.2) is 0 Å². The van der Waals surface area contributed by atoms with Crippen LogP contribution in [0.1, 0.15) is 39.0 Å². The molecule has 1 unspecified atom stereocenters. The number of nitrogens with zero attached hydrogens (tertiary/aromatic N) is 1. The van der Waals surface area contributed by atoms with Crippen LogP contribution in [-0.2, 0) is 10.0 Å². The Balaban J connectivity index is 2.39. The molecule has 0 spiro atoms. The molecule has 0 radical (unpaired) electrons. The van der Waals surface area contributed by atoms with E-state index in [1.165, 1.54) is 13.5 Å². The molecular weight excluding hydrogens is 286 g/mol. The monoisotopic (exact) mass is 311 g/mol.